The number of hydrogen-bond donors (Lipinski definition) is 1. The summed E-state index contributed by atoms with van der Waals surface area (Å²) in [4.78, 5) is 4.42. The molecule has 0 fully saturated rings. The van der Waals surface area contributed by atoms with E-state index in [1.807, 2.05) is 24.3 Å². The average Bonchev–Trinajstić information content (AvgIpc) is 3.21. The highest BCUT2D eigenvalue weighted by Crippen LogP contribution is 2.21. The Labute approximate surface area is 162 Å². The van der Waals surface area contributed by atoms with Gasteiger partial charge >= 0.3 is 0 Å². The van der Waals surface area contributed by atoms with E-state index in [-0.39, 0.29) is 17.3 Å². The van der Waals surface area contributed by atoms with Crippen molar-refractivity contribution < 1.29 is 17.7 Å². The highest BCUT2D eigenvalue weighted by Gasteiger charge is 2.17. The second-order valence-corrected chi connectivity index (χ2v) is 7.84. The minimum atomic E-state index is -3.71. The SMILES string of the molecule is COc1ccc(-c2noc(CNS(=O)(=O)c3ccc4ccccc4c3)n2)cc1. The molecule has 0 bridgehead atoms. The molecule has 0 radical (unpaired) electrons. The molecule has 142 valence electrons. The molecule has 1 heterocycles. The molecular weight excluding hydrogens is 378 g/mol. The van der Waals surface area contributed by atoms with Crippen LogP contribution in [-0.2, 0) is 16.6 Å². The van der Waals surface area contributed by atoms with E-state index in [0.29, 0.717) is 5.82 Å². The third kappa shape index (κ3) is 3.73. The van der Waals surface area contributed by atoms with E-state index in [1.54, 1.807) is 49.6 Å². The molecule has 0 spiro atoms. The van der Waals surface area contributed by atoms with Gasteiger partial charge in [0.15, 0.2) is 0 Å². The van der Waals surface area contributed by atoms with Crippen molar-refractivity contribution in [3.8, 4) is 17.1 Å². The number of rotatable bonds is 6. The molecular formula is C20H17N3O4S. The molecule has 4 aromatic rings. The first-order valence-corrected chi connectivity index (χ1v) is 9.99. The Morgan fingerprint density at radius 1 is 1.00 bits per heavy atom. The Hall–Kier alpha value is -3.23. The van der Waals surface area contributed by atoms with Crippen LogP contribution in [0.5, 0.6) is 5.75 Å². The van der Waals surface area contributed by atoms with Gasteiger partial charge in [0.25, 0.3) is 0 Å². The topological polar surface area (TPSA) is 94.3 Å². The number of methoxy groups -OCH3 is 1. The van der Waals surface area contributed by atoms with Gasteiger partial charge < -0.3 is 9.26 Å². The standard InChI is InChI=1S/C20H17N3O4S/c1-26-17-9-6-15(7-10-17)20-22-19(27-23-20)13-21-28(24,25)18-11-8-14-4-2-3-5-16(14)12-18/h2-12,21H,13H2,1H3. The van der Waals surface area contributed by atoms with Crippen LogP contribution in [0.1, 0.15) is 5.89 Å². The van der Waals surface area contributed by atoms with Gasteiger partial charge in [0, 0.05) is 5.56 Å². The van der Waals surface area contributed by atoms with Crippen molar-refractivity contribution >= 4 is 20.8 Å². The van der Waals surface area contributed by atoms with Gasteiger partial charge in [0.05, 0.1) is 18.6 Å². The monoisotopic (exact) mass is 395 g/mol. The molecule has 0 atom stereocenters. The van der Waals surface area contributed by atoms with Crippen molar-refractivity contribution in [1.82, 2.24) is 14.9 Å². The predicted molar refractivity (Wildman–Crippen MR) is 104 cm³/mol. The molecule has 28 heavy (non-hydrogen) atoms. The maximum absolute atomic E-state index is 12.6. The number of nitrogens with one attached hydrogen (secondary N) is 1. The number of hydrogen-bond acceptors (Lipinski definition) is 6. The number of benzene rings is 3. The Balaban J connectivity index is 1.49. The second kappa shape index (κ2) is 7.41. The largest absolute Gasteiger partial charge is 0.497 e. The zero-order chi connectivity index (χ0) is 19.6. The lowest BCUT2D eigenvalue weighted by atomic mass is 10.1. The van der Waals surface area contributed by atoms with Gasteiger partial charge in [0.2, 0.25) is 21.7 Å². The lowest BCUT2D eigenvalue weighted by molar-refractivity contribution is 0.376. The number of nitrogens with zero attached hydrogens (tertiary/aromatic N) is 2. The Morgan fingerprint density at radius 3 is 2.50 bits per heavy atom. The Morgan fingerprint density at radius 2 is 1.75 bits per heavy atom. The fourth-order valence-electron chi connectivity index (χ4n) is 2.76. The molecule has 1 N–H and O–H groups in total. The zero-order valence-corrected chi connectivity index (χ0v) is 15.8. The maximum Gasteiger partial charge on any atom is 0.242 e. The molecule has 8 heteroatoms. The number of aromatic nitrogens is 2. The lowest BCUT2D eigenvalue weighted by Gasteiger charge is -2.06. The van der Waals surface area contributed by atoms with Crippen molar-refractivity contribution in [3.63, 3.8) is 0 Å². The summed E-state index contributed by atoms with van der Waals surface area (Å²) in [6, 6.07) is 19.7. The van der Waals surface area contributed by atoms with E-state index in [1.165, 1.54) is 0 Å². The Kier molecular flexibility index (Phi) is 4.81. The summed E-state index contributed by atoms with van der Waals surface area (Å²) in [7, 11) is -2.12. The smallest absolute Gasteiger partial charge is 0.242 e. The molecule has 0 unspecified atom stereocenters. The summed E-state index contributed by atoms with van der Waals surface area (Å²) >= 11 is 0. The van der Waals surface area contributed by atoms with Gasteiger partial charge in [-0.25, -0.2) is 13.1 Å². The van der Waals surface area contributed by atoms with Crippen molar-refractivity contribution in [2.75, 3.05) is 7.11 Å². The van der Waals surface area contributed by atoms with Crippen LogP contribution >= 0.6 is 0 Å². The summed E-state index contributed by atoms with van der Waals surface area (Å²) in [5.41, 5.74) is 0.744. The minimum Gasteiger partial charge on any atom is -0.497 e. The van der Waals surface area contributed by atoms with E-state index in [2.05, 4.69) is 14.9 Å². The summed E-state index contributed by atoms with van der Waals surface area (Å²) < 4.78 is 37.9. The predicted octanol–water partition coefficient (Wildman–Crippen LogP) is 3.38. The number of sulfonamides is 1. The van der Waals surface area contributed by atoms with Crippen LogP contribution in [0, 0.1) is 0 Å². The summed E-state index contributed by atoms with van der Waals surface area (Å²) in [5.74, 6) is 1.27. The number of fused-ring (bicyclic) bond motifs is 1. The van der Waals surface area contributed by atoms with Crippen LogP contribution in [0.3, 0.4) is 0 Å². The highest BCUT2D eigenvalue weighted by molar-refractivity contribution is 7.89. The summed E-state index contributed by atoms with van der Waals surface area (Å²) in [6.07, 6.45) is 0. The normalized spacial score (nSPS) is 11.6. The molecule has 7 nitrogen and oxygen atoms in total. The fourth-order valence-corrected chi connectivity index (χ4v) is 3.77. The molecule has 0 aliphatic heterocycles. The van der Waals surface area contributed by atoms with Gasteiger partial charge in [-0.15, -0.1) is 0 Å². The Bertz CT molecular complexity index is 1220. The van der Waals surface area contributed by atoms with E-state index in [4.69, 9.17) is 9.26 Å². The third-order valence-corrected chi connectivity index (χ3v) is 5.66. The van der Waals surface area contributed by atoms with E-state index >= 15 is 0 Å². The minimum absolute atomic E-state index is 0.0989. The molecule has 0 amide bonds. The maximum atomic E-state index is 12.6. The first kappa shape index (κ1) is 18.1. The lowest BCUT2D eigenvalue weighted by Crippen LogP contribution is -2.23. The van der Waals surface area contributed by atoms with Crippen LogP contribution < -0.4 is 9.46 Å². The van der Waals surface area contributed by atoms with Crippen molar-refractivity contribution in [2.24, 2.45) is 0 Å². The molecule has 1 aromatic heterocycles. The third-order valence-electron chi connectivity index (χ3n) is 4.26. The quantitative estimate of drug-likeness (QED) is 0.538. The van der Waals surface area contributed by atoms with Crippen molar-refractivity contribution in [2.45, 2.75) is 11.4 Å². The van der Waals surface area contributed by atoms with E-state index < -0.39 is 10.0 Å². The molecule has 0 aliphatic rings. The van der Waals surface area contributed by atoms with Crippen LogP contribution in [0.2, 0.25) is 0 Å². The second-order valence-electron chi connectivity index (χ2n) is 6.07. The van der Waals surface area contributed by atoms with Crippen LogP contribution in [0.25, 0.3) is 22.2 Å². The van der Waals surface area contributed by atoms with Gasteiger partial charge in [-0.1, -0.05) is 35.5 Å². The molecule has 0 saturated heterocycles. The molecule has 3 aromatic carbocycles. The van der Waals surface area contributed by atoms with Gasteiger partial charge in [-0.05, 0) is 47.2 Å². The van der Waals surface area contributed by atoms with E-state index in [0.717, 1.165) is 22.1 Å². The summed E-state index contributed by atoms with van der Waals surface area (Å²) in [5, 5.41) is 5.72. The average molecular weight is 395 g/mol. The van der Waals surface area contributed by atoms with Crippen molar-refractivity contribution in [1.29, 1.82) is 0 Å². The van der Waals surface area contributed by atoms with Gasteiger partial charge in [-0.3, -0.25) is 0 Å². The first-order chi connectivity index (χ1) is 13.5. The highest BCUT2D eigenvalue weighted by atomic mass is 32.2. The molecule has 0 aliphatic carbocycles. The fraction of sp³-hybridized carbons (Fsp3) is 0.100. The van der Waals surface area contributed by atoms with Gasteiger partial charge in [-0.2, -0.15) is 4.98 Å². The molecule has 4 rings (SSSR count). The van der Waals surface area contributed by atoms with Crippen LogP contribution in [0.4, 0.5) is 0 Å². The molecule has 0 saturated carbocycles. The van der Waals surface area contributed by atoms with Crippen LogP contribution in [-0.4, -0.2) is 25.7 Å². The van der Waals surface area contributed by atoms with Crippen LogP contribution in [0.15, 0.2) is 76.1 Å². The summed E-state index contributed by atoms with van der Waals surface area (Å²) in [6.45, 7) is -0.0989. The first-order valence-electron chi connectivity index (χ1n) is 8.51. The zero-order valence-electron chi connectivity index (χ0n) is 15.0. The van der Waals surface area contributed by atoms with E-state index in [9.17, 15) is 8.42 Å². The van der Waals surface area contributed by atoms with Crippen molar-refractivity contribution in [3.05, 3.63) is 72.6 Å². The van der Waals surface area contributed by atoms with Gasteiger partial charge in [0.1, 0.15) is 5.75 Å². The number of ether oxygens (including phenoxy) is 1.